The number of carbonyl (C=O) groups is 1. The van der Waals surface area contributed by atoms with Crippen LogP contribution in [0.4, 0.5) is 16.2 Å². The zero-order valence-corrected chi connectivity index (χ0v) is 13.6. The molecule has 8 heteroatoms. The fourth-order valence-corrected chi connectivity index (χ4v) is 1.68. The van der Waals surface area contributed by atoms with E-state index in [4.69, 9.17) is 9.47 Å². The first kappa shape index (κ1) is 18.7. The summed E-state index contributed by atoms with van der Waals surface area (Å²) in [5, 5.41) is 16.4. The first-order chi connectivity index (χ1) is 10.8. The second-order valence-corrected chi connectivity index (χ2v) is 5.74. The molecule has 1 aromatic rings. The van der Waals surface area contributed by atoms with Gasteiger partial charge >= 0.3 is 6.09 Å². The number of anilines is 1. The summed E-state index contributed by atoms with van der Waals surface area (Å²) >= 11 is 0. The molecule has 0 aliphatic carbocycles. The van der Waals surface area contributed by atoms with Crippen molar-refractivity contribution in [3.05, 3.63) is 34.4 Å². The smallest absolute Gasteiger partial charge is 0.407 e. The maximum Gasteiger partial charge on any atom is 0.407 e. The van der Waals surface area contributed by atoms with Crippen LogP contribution in [0.5, 0.6) is 0 Å². The molecule has 0 bridgehead atoms. The zero-order valence-electron chi connectivity index (χ0n) is 13.6. The van der Waals surface area contributed by atoms with Crippen LogP contribution in [-0.2, 0) is 9.47 Å². The van der Waals surface area contributed by atoms with E-state index in [9.17, 15) is 14.9 Å². The van der Waals surface area contributed by atoms with Crippen molar-refractivity contribution in [3.8, 4) is 0 Å². The van der Waals surface area contributed by atoms with E-state index >= 15 is 0 Å². The first-order valence-electron chi connectivity index (χ1n) is 7.31. The van der Waals surface area contributed by atoms with Gasteiger partial charge in [-0.2, -0.15) is 0 Å². The number of benzene rings is 1. The van der Waals surface area contributed by atoms with Crippen LogP contribution in [0.3, 0.4) is 0 Å². The van der Waals surface area contributed by atoms with Gasteiger partial charge in [-0.3, -0.25) is 10.1 Å². The van der Waals surface area contributed by atoms with Gasteiger partial charge in [0.1, 0.15) is 11.3 Å². The van der Waals surface area contributed by atoms with Crippen molar-refractivity contribution in [2.24, 2.45) is 0 Å². The average Bonchev–Trinajstić information content (AvgIpc) is 2.44. The zero-order chi connectivity index (χ0) is 17.3. The summed E-state index contributed by atoms with van der Waals surface area (Å²) in [6, 6.07) is 6.42. The predicted octanol–water partition coefficient (Wildman–Crippen LogP) is 2.55. The van der Waals surface area contributed by atoms with Crippen LogP contribution in [0.15, 0.2) is 24.3 Å². The van der Waals surface area contributed by atoms with E-state index in [2.05, 4.69) is 10.6 Å². The summed E-state index contributed by atoms with van der Waals surface area (Å²) in [6.07, 6.45) is -0.487. The topological polar surface area (TPSA) is 103 Å². The van der Waals surface area contributed by atoms with Crippen molar-refractivity contribution in [2.45, 2.75) is 26.4 Å². The Kier molecular flexibility index (Phi) is 7.27. The second kappa shape index (κ2) is 8.94. The molecule has 0 aliphatic rings. The number of nitrogens with one attached hydrogen (secondary N) is 2. The van der Waals surface area contributed by atoms with Gasteiger partial charge in [-0.05, 0) is 26.8 Å². The number of rotatable bonds is 8. The molecule has 128 valence electrons. The van der Waals surface area contributed by atoms with Gasteiger partial charge in [-0.15, -0.1) is 0 Å². The van der Waals surface area contributed by atoms with E-state index in [1.807, 2.05) is 0 Å². The third kappa shape index (κ3) is 8.01. The minimum Gasteiger partial charge on any atom is -0.444 e. The Bertz CT molecular complexity index is 528. The second-order valence-electron chi connectivity index (χ2n) is 5.74. The number of ether oxygens (including phenoxy) is 2. The molecule has 0 saturated heterocycles. The lowest BCUT2D eigenvalue weighted by molar-refractivity contribution is -0.384. The van der Waals surface area contributed by atoms with Crippen LogP contribution in [0.25, 0.3) is 0 Å². The number of nitro groups is 1. The number of amides is 1. The minimum absolute atomic E-state index is 0.0269. The largest absolute Gasteiger partial charge is 0.444 e. The maximum atomic E-state index is 11.4. The van der Waals surface area contributed by atoms with E-state index < -0.39 is 16.6 Å². The standard InChI is InChI=1S/C15H23N3O5/c1-15(2,3)23-14(19)17-9-11-22-10-8-16-12-6-4-5-7-13(12)18(20)21/h4-7,16H,8-11H2,1-3H3,(H,17,19). The molecular formula is C15H23N3O5. The Morgan fingerprint density at radius 3 is 2.52 bits per heavy atom. The molecule has 2 N–H and O–H groups in total. The van der Waals surface area contributed by atoms with Crippen LogP contribution >= 0.6 is 0 Å². The quantitative estimate of drug-likeness (QED) is 0.432. The van der Waals surface area contributed by atoms with Crippen LogP contribution in [-0.4, -0.2) is 42.9 Å². The molecule has 0 heterocycles. The van der Waals surface area contributed by atoms with Crippen molar-refractivity contribution in [2.75, 3.05) is 31.6 Å². The summed E-state index contributed by atoms with van der Waals surface area (Å²) in [6.45, 7) is 6.82. The molecule has 0 unspecified atom stereocenters. The fourth-order valence-electron chi connectivity index (χ4n) is 1.68. The van der Waals surface area contributed by atoms with Crippen LogP contribution < -0.4 is 10.6 Å². The van der Waals surface area contributed by atoms with Gasteiger partial charge in [0.15, 0.2) is 0 Å². The first-order valence-corrected chi connectivity index (χ1v) is 7.31. The molecule has 0 aromatic heterocycles. The number of hydrogen-bond acceptors (Lipinski definition) is 6. The van der Waals surface area contributed by atoms with E-state index in [1.54, 1.807) is 39.0 Å². The van der Waals surface area contributed by atoms with Gasteiger partial charge in [0.25, 0.3) is 5.69 Å². The summed E-state index contributed by atoms with van der Waals surface area (Å²) in [5.74, 6) is 0. The monoisotopic (exact) mass is 325 g/mol. The van der Waals surface area contributed by atoms with Crippen molar-refractivity contribution < 1.29 is 19.2 Å². The van der Waals surface area contributed by atoms with Gasteiger partial charge in [0, 0.05) is 19.2 Å². The summed E-state index contributed by atoms with van der Waals surface area (Å²) in [4.78, 5) is 21.8. The van der Waals surface area contributed by atoms with Gasteiger partial charge in [0.2, 0.25) is 0 Å². The molecule has 0 aliphatic heterocycles. The Balaban J connectivity index is 2.15. The molecule has 1 aromatic carbocycles. The predicted molar refractivity (Wildman–Crippen MR) is 86.6 cm³/mol. The lowest BCUT2D eigenvalue weighted by Crippen LogP contribution is -2.34. The number of alkyl carbamates (subject to hydrolysis) is 1. The Labute approximate surface area is 135 Å². The molecule has 0 saturated carbocycles. The summed E-state index contributed by atoms with van der Waals surface area (Å²) in [5.41, 5.74) is -0.0497. The number of nitro benzene ring substituents is 1. The normalized spacial score (nSPS) is 10.9. The van der Waals surface area contributed by atoms with E-state index in [0.29, 0.717) is 32.0 Å². The Hall–Kier alpha value is -2.35. The highest BCUT2D eigenvalue weighted by Gasteiger charge is 2.15. The molecule has 0 radical (unpaired) electrons. The third-order valence-corrected chi connectivity index (χ3v) is 2.58. The lowest BCUT2D eigenvalue weighted by atomic mass is 10.2. The highest BCUT2D eigenvalue weighted by molar-refractivity contribution is 5.67. The SMILES string of the molecule is CC(C)(C)OC(=O)NCCOCCNc1ccccc1[N+](=O)[O-]. The number of hydrogen-bond donors (Lipinski definition) is 2. The molecule has 0 fully saturated rings. The van der Waals surface area contributed by atoms with E-state index in [-0.39, 0.29) is 5.69 Å². The summed E-state index contributed by atoms with van der Waals surface area (Å²) in [7, 11) is 0. The highest BCUT2D eigenvalue weighted by Crippen LogP contribution is 2.22. The third-order valence-electron chi connectivity index (χ3n) is 2.58. The van der Waals surface area contributed by atoms with Crippen LogP contribution in [0.2, 0.25) is 0 Å². The summed E-state index contributed by atoms with van der Waals surface area (Å²) < 4.78 is 10.4. The highest BCUT2D eigenvalue weighted by atomic mass is 16.6. The molecule has 0 spiro atoms. The van der Waals surface area contributed by atoms with Crippen LogP contribution in [0.1, 0.15) is 20.8 Å². The molecular weight excluding hydrogens is 302 g/mol. The molecule has 23 heavy (non-hydrogen) atoms. The van der Waals surface area contributed by atoms with Crippen molar-refractivity contribution in [3.63, 3.8) is 0 Å². The number of carbonyl (C=O) groups excluding carboxylic acids is 1. The molecule has 1 amide bonds. The number of para-hydroxylation sites is 2. The molecule has 8 nitrogen and oxygen atoms in total. The van der Waals surface area contributed by atoms with Gasteiger partial charge in [0.05, 0.1) is 18.1 Å². The molecule has 1 rings (SSSR count). The fraction of sp³-hybridized carbons (Fsp3) is 0.533. The molecule has 0 atom stereocenters. The van der Waals surface area contributed by atoms with Crippen LogP contribution in [0, 0.1) is 10.1 Å². The van der Waals surface area contributed by atoms with Crippen molar-refractivity contribution >= 4 is 17.5 Å². The lowest BCUT2D eigenvalue weighted by Gasteiger charge is -2.19. The van der Waals surface area contributed by atoms with E-state index in [0.717, 1.165) is 0 Å². The number of nitrogens with zero attached hydrogens (tertiary/aromatic N) is 1. The average molecular weight is 325 g/mol. The Morgan fingerprint density at radius 1 is 1.22 bits per heavy atom. The minimum atomic E-state index is -0.529. The van der Waals surface area contributed by atoms with Gasteiger partial charge in [-0.25, -0.2) is 4.79 Å². The van der Waals surface area contributed by atoms with Crippen molar-refractivity contribution in [1.29, 1.82) is 0 Å². The van der Waals surface area contributed by atoms with Gasteiger partial charge in [-0.1, -0.05) is 12.1 Å². The maximum absolute atomic E-state index is 11.4. The van der Waals surface area contributed by atoms with Gasteiger partial charge < -0.3 is 20.1 Å². The van der Waals surface area contributed by atoms with Crippen molar-refractivity contribution in [1.82, 2.24) is 5.32 Å². The van der Waals surface area contributed by atoms with E-state index in [1.165, 1.54) is 6.07 Å². The Morgan fingerprint density at radius 2 is 1.87 bits per heavy atom.